The van der Waals surface area contributed by atoms with Gasteiger partial charge in [-0.1, -0.05) is 12.1 Å². The van der Waals surface area contributed by atoms with Gasteiger partial charge in [0.25, 0.3) is 0 Å². The van der Waals surface area contributed by atoms with Gasteiger partial charge in [0.15, 0.2) is 14.9 Å². The van der Waals surface area contributed by atoms with Crippen LogP contribution in [-0.4, -0.2) is 24.8 Å². The number of nitrogens with one attached hydrogen (secondary N) is 1. The maximum Gasteiger partial charge on any atom is 0.192 e. The number of aromatic hydroxyl groups is 1. The predicted octanol–water partition coefficient (Wildman–Crippen LogP) is 2.67. The van der Waals surface area contributed by atoms with Crippen LogP contribution in [0.1, 0.15) is 24.1 Å². The molecule has 1 aromatic heterocycles. The number of phenolic OH excluding ortho intramolecular Hbond substituents is 1. The van der Waals surface area contributed by atoms with E-state index in [1.807, 2.05) is 26.0 Å². The molecule has 1 unspecified atom stereocenters. The predicted molar refractivity (Wildman–Crippen MR) is 82.2 cm³/mol. The van der Waals surface area contributed by atoms with Crippen LogP contribution in [0.3, 0.4) is 0 Å². The van der Waals surface area contributed by atoms with Crippen LogP contribution in [0.4, 0.5) is 5.69 Å². The average molecular weight is 306 g/mol. The molecule has 0 radical (unpaired) electrons. The maximum absolute atomic E-state index is 11.3. The molecule has 0 saturated carbocycles. The van der Waals surface area contributed by atoms with E-state index in [4.69, 9.17) is 0 Å². The van der Waals surface area contributed by atoms with E-state index in [0.29, 0.717) is 5.69 Å². The highest BCUT2D eigenvalue weighted by atomic mass is 32.2. The number of aryl methyl sites for hydroxylation is 1. The SMILES string of the molecule is Cc1ccc(C(C)Nc2ccc(S(C)(=O)=O)nc2)c(O)c1. The topological polar surface area (TPSA) is 79.3 Å². The first-order valence-corrected chi connectivity index (χ1v) is 8.38. The van der Waals surface area contributed by atoms with E-state index in [-0.39, 0.29) is 16.8 Å². The number of hydrogen-bond acceptors (Lipinski definition) is 5. The van der Waals surface area contributed by atoms with E-state index in [1.54, 1.807) is 12.1 Å². The lowest BCUT2D eigenvalue weighted by molar-refractivity contribution is 0.465. The molecule has 1 heterocycles. The molecule has 0 amide bonds. The van der Waals surface area contributed by atoms with Crippen molar-refractivity contribution >= 4 is 15.5 Å². The molecule has 5 nitrogen and oxygen atoms in total. The van der Waals surface area contributed by atoms with Crippen LogP contribution in [0.25, 0.3) is 0 Å². The van der Waals surface area contributed by atoms with Gasteiger partial charge in [-0.2, -0.15) is 0 Å². The zero-order valence-electron chi connectivity index (χ0n) is 12.2. The molecule has 112 valence electrons. The maximum atomic E-state index is 11.3. The monoisotopic (exact) mass is 306 g/mol. The second-order valence-corrected chi connectivity index (χ2v) is 7.05. The molecule has 21 heavy (non-hydrogen) atoms. The third-order valence-corrected chi connectivity index (χ3v) is 4.15. The fourth-order valence-electron chi connectivity index (χ4n) is 2.03. The number of pyridine rings is 1. The van der Waals surface area contributed by atoms with Crippen LogP contribution in [0.5, 0.6) is 5.75 Å². The van der Waals surface area contributed by atoms with Crippen LogP contribution in [0.2, 0.25) is 0 Å². The van der Waals surface area contributed by atoms with Crippen molar-refractivity contribution in [3.63, 3.8) is 0 Å². The van der Waals surface area contributed by atoms with Crippen LogP contribution in [0.15, 0.2) is 41.6 Å². The van der Waals surface area contributed by atoms with Crippen molar-refractivity contribution in [2.24, 2.45) is 0 Å². The molecule has 1 atom stereocenters. The van der Waals surface area contributed by atoms with E-state index in [0.717, 1.165) is 17.4 Å². The quantitative estimate of drug-likeness (QED) is 0.908. The van der Waals surface area contributed by atoms with Crippen LogP contribution in [-0.2, 0) is 9.84 Å². The standard InChI is InChI=1S/C15H18N2O3S/c1-10-4-6-13(14(18)8-10)11(2)17-12-5-7-15(16-9-12)21(3,19)20/h4-9,11,17-18H,1-3H3. The number of benzene rings is 1. The number of phenols is 1. The molecule has 0 saturated heterocycles. The Bertz CT molecular complexity index is 740. The summed E-state index contributed by atoms with van der Waals surface area (Å²) in [5, 5.41) is 13.2. The molecule has 2 N–H and O–H groups in total. The number of hydrogen-bond donors (Lipinski definition) is 2. The Labute approximate surface area is 124 Å². The van der Waals surface area contributed by atoms with Crippen molar-refractivity contribution in [1.29, 1.82) is 0 Å². The molecule has 1 aromatic carbocycles. The van der Waals surface area contributed by atoms with Crippen LogP contribution in [0, 0.1) is 6.92 Å². The Balaban J connectivity index is 2.18. The summed E-state index contributed by atoms with van der Waals surface area (Å²) in [5.74, 6) is 0.232. The van der Waals surface area contributed by atoms with Gasteiger partial charge in [-0.15, -0.1) is 0 Å². The van der Waals surface area contributed by atoms with E-state index in [9.17, 15) is 13.5 Å². The third-order valence-electron chi connectivity index (χ3n) is 3.15. The summed E-state index contributed by atoms with van der Waals surface area (Å²) in [6, 6.07) is 8.48. The van der Waals surface area contributed by atoms with Crippen molar-refractivity contribution < 1.29 is 13.5 Å². The normalized spacial score (nSPS) is 12.9. The molecular weight excluding hydrogens is 288 g/mol. The summed E-state index contributed by atoms with van der Waals surface area (Å²) in [6.07, 6.45) is 2.59. The van der Waals surface area contributed by atoms with Gasteiger partial charge in [0.05, 0.1) is 17.9 Å². The number of anilines is 1. The van der Waals surface area contributed by atoms with E-state index < -0.39 is 9.84 Å². The fraction of sp³-hybridized carbons (Fsp3) is 0.267. The Kier molecular flexibility index (Phi) is 4.18. The Morgan fingerprint density at radius 2 is 1.95 bits per heavy atom. The lowest BCUT2D eigenvalue weighted by atomic mass is 10.0. The summed E-state index contributed by atoms with van der Waals surface area (Å²) in [6.45, 7) is 3.82. The second kappa shape index (κ2) is 5.73. The van der Waals surface area contributed by atoms with Gasteiger partial charge in [0.1, 0.15) is 5.75 Å². The zero-order valence-corrected chi connectivity index (χ0v) is 13.0. The first-order valence-electron chi connectivity index (χ1n) is 6.49. The molecule has 0 fully saturated rings. The summed E-state index contributed by atoms with van der Waals surface area (Å²) in [5.41, 5.74) is 2.45. The fourth-order valence-corrected chi connectivity index (χ4v) is 2.59. The van der Waals surface area contributed by atoms with Gasteiger partial charge in [-0.3, -0.25) is 0 Å². The van der Waals surface area contributed by atoms with Crippen molar-refractivity contribution in [1.82, 2.24) is 4.98 Å². The molecule has 0 aliphatic heterocycles. The van der Waals surface area contributed by atoms with Crippen molar-refractivity contribution in [2.75, 3.05) is 11.6 Å². The van der Waals surface area contributed by atoms with Crippen molar-refractivity contribution in [2.45, 2.75) is 24.9 Å². The lowest BCUT2D eigenvalue weighted by Gasteiger charge is -2.17. The third kappa shape index (κ3) is 3.72. The highest BCUT2D eigenvalue weighted by molar-refractivity contribution is 7.90. The number of aromatic nitrogens is 1. The summed E-state index contributed by atoms with van der Waals surface area (Å²) < 4.78 is 22.7. The van der Waals surface area contributed by atoms with Gasteiger partial charge < -0.3 is 10.4 Å². The van der Waals surface area contributed by atoms with Gasteiger partial charge in [0.2, 0.25) is 0 Å². The minimum Gasteiger partial charge on any atom is -0.508 e. The number of sulfone groups is 1. The summed E-state index contributed by atoms with van der Waals surface area (Å²) in [7, 11) is -3.29. The molecule has 0 aliphatic rings. The molecule has 6 heteroatoms. The largest absolute Gasteiger partial charge is 0.508 e. The molecular formula is C15H18N2O3S. The van der Waals surface area contributed by atoms with E-state index >= 15 is 0 Å². The van der Waals surface area contributed by atoms with Gasteiger partial charge in [0, 0.05) is 11.8 Å². The number of nitrogens with zero attached hydrogens (tertiary/aromatic N) is 1. The first-order chi connectivity index (χ1) is 9.77. The summed E-state index contributed by atoms with van der Waals surface area (Å²) >= 11 is 0. The minimum atomic E-state index is -3.29. The van der Waals surface area contributed by atoms with Crippen LogP contribution >= 0.6 is 0 Å². The summed E-state index contributed by atoms with van der Waals surface area (Å²) in [4.78, 5) is 3.92. The average Bonchev–Trinajstić information content (AvgIpc) is 2.38. The molecule has 0 spiro atoms. The number of rotatable bonds is 4. The van der Waals surface area contributed by atoms with Crippen molar-refractivity contribution in [3.8, 4) is 5.75 Å². The van der Waals surface area contributed by atoms with Gasteiger partial charge >= 0.3 is 0 Å². The van der Waals surface area contributed by atoms with Gasteiger partial charge in [-0.25, -0.2) is 13.4 Å². The highest BCUT2D eigenvalue weighted by Crippen LogP contribution is 2.27. The highest BCUT2D eigenvalue weighted by Gasteiger charge is 2.12. The van der Waals surface area contributed by atoms with Gasteiger partial charge in [-0.05, 0) is 37.6 Å². The van der Waals surface area contributed by atoms with Crippen LogP contribution < -0.4 is 5.32 Å². The molecule has 2 rings (SSSR count). The van der Waals surface area contributed by atoms with E-state index in [2.05, 4.69) is 10.3 Å². The van der Waals surface area contributed by atoms with E-state index in [1.165, 1.54) is 12.3 Å². The lowest BCUT2D eigenvalue weighted by Crippen LogP contribution is -2.08. The Hall–Kier alpha value is -2.08. The Morgan fingerprint density at radius 1 is 1.24 bits per heavy atom. The smallest absolute Gasteiger partial charge is 0.192 e. The Morgan fingerprint density at radius 3 is 2.48 bits per heavy atom. The molecule has 0 bridgehead atoms. The molecule has 2 aromatic rings. The molecule has 0 aliphatic carbocycles. The second-order valence-electron chi connectivity index (χ2n) is 5.09. The minimum absolute atomic E-state index is 0.0406. The zero-order chi connectivity index (χ0) is 15.6. The first kappa shape index (κ1) is 15.3. The van der Waals surface area contributed by atoms with Crippen molar-refractivity contribution in [3.05, 3.63) is 47.7 Å².